The SMILES string of the molecule is Cn1cnnc1CC1(c2cccc(N3Cc4c(cc(C=O)cc4C4CC4)C3=O)c2)COC1. The van der Waals surface area contributed by atoms with Crippen molar-refractivity contribution in [2.75, 3.05) is 18.1 Å². The Morgan fingerprint density at radius 3 is 2.72 bits per heavy atom. The third-order valence-corrected chi connectivity index (χ3v) is 7.08. The van der Waals surface area contributed by atoms with Crippen molar-refractivity contribution < 1.29 is 14.3 Å². The van der Waals surface area contributed by atoms with E-state index in [1.165, 1.54) is 5.56 Å². The molecule has 2 aromatic carbocycles. The lowest BCUT2D eigenvalue weighted by Crippen LogP contribution is -2.49. The lowest BCUT2D eigenvalue weighted by molar-refractivity contribution is -0.0611. The molecule has 7 nitrogen and oxygen atoms in total. The second kappa shape index (κ2) is 7.10. The highest BCUT2D eigenvalue weighted by atomic mass is 16.5. The van der Waals surface area contributed by atoms with Crippen LogP contribution in [0.25, 0.3) is 0 Å². The van der Waals surface area contributed by atoms with Crippen LogP contribution in [0.1, 0.15) is 62.0 Å². The lowest BCUT2D eigenvalue weighted by Gasteiger charge is -2.42. The number of benzene rings is 2. The number of nitrogens with zero attached hydrogens (tertiary/aromatic N) is 4. The minimum Gasteiger partial charge on any atom is -0.379 e. The first-order valence-electron chi connectivity index (χ1n) is 11.0. The van der Waals surface area contributed by atoms with Crippen LogP contribution < -0.4 is 4.90 Å². The molecule has 7 heteroatoms. The summed E-state index contributed by atoms with van der Waals surface area (Å²) in [4.78, 5) is 26.7. The zero-order valence-electron chi connectivity index (χ0n) is 18.0. The van der Waals surface area contributed by atoms with Gasteiger partial charge >= 0.3 is 0 Å². The minimum atomic E-state index is -0.170. The van der Waals surface area contributed by atoms with Crippen molar-refractivity contribution in [1.82, 2.24) is 14.8 Å². The smallest absolute Gasteiger partial charge is 0.258 e. The second-order valence-corrected chi connectivity index (χ2v) is 9.28. The minimum absolute atomic E-state index is 0.0324. The van der Waals surface area contributed by atoms with Gasteiger partial charge < -0.3 is 14.2 Å². The maximum Gasteiger partial charge on any atom is 0.258 e. The number of fused-ring (bicyclic) bond motifs is 1. The molecule has 162 valence electrons. The van der Waals surface area contributed by atoms with E-state index in [1.807, 2.05) is 34.7 Å². The molecular weight excluding hydrogens is 404 g/mol. The van der Waals surface area contributed by atoms with Gasteiger partial charge in [-0.2, -0.15) is 0 Å². The standard InChI is InChI=1S/C25H24N4O3/c1-28-15-26-27-23(28)10-25(13-32-14-25)18-3-2-4-19(9-18)29-11-22-20(17-5-6-17)7-16(12-30)8-21(22)24(29)31/h2-4,7-9,12,15,17H,5-6,10-11,13-14H2,1H3. The largest absolute Gasteiger partial charge is 0.379 e. The van der Waals surface area contributed by atoms with Crippen molar-refractivity contribution in [3.63, 3.8) is 0 Å². The van der Waals surface area contributed by atoms with E-state index in [9.17, 15) is 9.59 Å². The predicted octanol–water partition coefficient (Wildman–Crippen LogP) is 3.18. The van der Waals surface area contributed by atoms with E-state index in [1.54, 1.807) is 12.4 Å². The van der Waals surface area contributed by atoms with E-state index < -0.39 is 0 Å². The van der Waals surface area contributed by atoms with Crippen molar-refractivity contribution in [3.8, 4) is 0 Å². The van der Waals surface area contributed by atoms with E-state index in [0.29, 0.717) is 36.8 Å². The normalized spacial score (nSPS) is 19.0. The molecule has 1 aliphatic carbocycles. The maximum absolute atomic E-state index is 13.4. The van der Waals surface area contributed by atoms with Gasteiger partial charge in [-0.1, -0.05) is 12.1 Å². The average Bonchev–Trinajstić information content (AvgIpc) is 3.47. The van der Waals surface area contributed by atoms with Crippen LogP contribution in [0.3, 0.4) is 0 Å². The molecule has 2 fully saturated rings. The molecule has 3 aromatic rings. The van der Waals surface area contributed by atoms with Crippen LogP contribution in [0.2, 0.25) is 0 Å². The summed E-state index contributed by atoms with van der Waals surface area (Å²) in [6.07, 6.45) is 5.54. The number of hydrogen-bond donors (Lipinski definition) is 0. The van der Waals surface area contributed by atoms with Crippen molar-refractivity contribution >= 4 is 17.9 Å². The van der Waals surface area contributed by atoms with Gasteiger partial charge in [0.1, 0.15) is 18.4 Å². The summed E-state index contributed by atoms with van der Waals surface area (Å²) in [6.45, 7) is 1.79. The fraction of sp³-hybridized carbons (Fsp3) is 0.360. The number of amides is 1. The summed E-state index contributed by atoms with van der Waals surface area (Å²) in [5.41, 5.74) is 5.35. The number of carbonyl (C=O) groups is 2. The number of rotatable bonds is 6. The van der Waals surface area contributed by atoms with Gasteiger partial charge in [-0.05, 0) is 59.7 Å². The third-order valence-electron chi connectivity index (χ3n) is 7.08. The molecule has 0 N–H and O–H groups in total. The summed E-state index contributed by atoms with van der Waals surface area (Å²) in [6, 6.07) is 11.9. The van der Waals surface area contributed by atoms with E-state index >= 15 is 0 Å². The van der Waals surface area contributed by atoms with Crippen LogP contribution in [0.15, 0.2) is 42.7 Å². The summed E-state index contributed by atoms with van der Waals surface area (Å²) in [5, 5.41) is 8.27. The molecule has 6 rings (SSSR count). The van der Waals surface area contributed by atoms with Gasteiger partial charge in [0.25, 0.3) is 5.91 Å². The fourth-order valence-electron chi connectivity index (χ4n) is 4.99. The third kappa shape index (κ3) is 2.99. The Bertz CT molecular complexity index is 1240. The van der Waals surface area contributed by atoms with E-state index in [2.05, 4.69) is 22.3 Å². The first-order chi connectivity index (χ1) is 15.6. The van der Waals surface area contributed by atoms with Gasteiger partial charge in [-0.25, -0.2) is 0 Å². The Kier molecular flexibility index (Phi) is 4.30. The summed E-state index contributed by atoms with van der Waals surface area (Å²) in [5.74, 6) is 1.36. The summed E-state index contributed by atoms with van der Waals surface area (Å²) >= 11 is 0. The van der Waals surface area contributed by atoms with Crippen LogP contribution in [-0.2, 0) is 30.2 Å². The molecular formula is C25H24N4O3. The second-order valence-electron chi connectivity index (χ2n) is 9.28. The van der Waals surface area contributed by atoms with Crippen LogP contribution in [-0.4, -0.2) is 40.2 Å². The number of carbonyl (C=O) groups excluding carboxylic acids is 2. The van der Waals surface area contributed by atoms with E-state index in [4.69, 9.17) is 4.74 Å². The summed E-state index contributed by atoms with van der Waals surface area (Å²) < 4.78 is 7.56. The number of aryl methyl sites for hydroxylation is 1. The number of aromatic nitrogens is 3. The molecule has 3 aliphatic rings. The molecule has 1 saturated carbocycles. The predicted molar refractivity (Wildman–Crippen MR) is 118 cm³/mol. The van der Waals surface area contributed by atoms with Crippen molar-refractivity contribution in [2.45, 2.75) is 37.1 Å². The molecule has 0 atom stereocenters. The van der Waals surface area contributed by atoms with Gasteiger partial charge in [-0.15, -0.1) is 10.2 Å². The molecule has 0 bridgehead atoms. The number of anilines is 1. The van der Waals surface area contributed by atoms with Gasteiger partial charge in [-0.3, -0.25) is 9.59 Å². The van der Waals surface area contributed by atoms with Crippen LogP contribution in [0.4, 0.5) is 5.69 Å². The van der Waals surface area contributed by atoms with Crippen molar-refractivity contribution in [1.29, 1.82) is 0 Å². The highest BCUT2D eigenvalue weighted by molar-refractivity contribution is 6.11. The van der Waals surface area contributed by atoms with E-state index in [0.717, 1.165) is 48.2 Å². The monoisotopic (exact) mass is 428 g/mol. The van der Waals surface area contributed by atoms with Crippen LogP contribution >= 0.6 is 0 Å². The Morgan fingerprint density at radius 2 is 2.06 bits per heavy atom. The Balaban J connectivity index is 1.34. The number of hydrogen-bond acceptors (Lipinski definition) is 5. The molecule has 0 spiro atoms. The Labute approximate surface area is 186 Å². The number of aldehydes is 1. The zero-order chi connectivity index (χ0) is 21.9. The highest BCUT2D eigenvalue weighted by Gasteiger charge is 2.42. The van der Waals surface area contributed by atoms with Crippen LogP contribution in [0, 0.1) is 0 Å². The first-order valence-corrected chi connectivity index (χ1v) is 11.0. The lowest BCUT2D eigenvalue weighted by atomic mass is 9.75. The average molecular weight is 428 g/mol. The zero-order valence-corrected chi connectivity index (χ0v) is 18.0. The van der Waals surface area contributed by atoms with Crippen LogP contribution in [0.5, 0.6) is 0 Å². The quantitative estimate of drug-likeness (QED) is 0.564. The summed E-state index contributed by atoms with van der Waals surface area (Å²) in [7, 11) is 1.95. The first kappa shape index (κ1) is 19.4. The van der Waals surface area contributed by atoms with Crippen molar-refractivity contribution in [2.24, 2.45) is 7.05 Å². The Morgan fingerprint density at radius 1 is 1.22 bits per heavy atom. The maximum atomic E-state index is 13.4. The molecule has 0 radical (unpaired) electrons. The number of ether oxygens (including phenoxy) is 1. The molecule has 2 aliphatic heterocycles. The van der Waals surface area contributed by atoms with Gasteiger partial charge in [0.05, 0.1) is 19.8 Å². The van der Waals surface area contributed by atoms with E-state index in [-0.39, 0.29) is 11.3 Å². The molecule has 0 unspecified atom stereocenters. The molecule has 1 saturated heterocycles. The fourth-order valence-corrected chi connectivity index (χ4v) is 4.99. The molecule has 1 amide bonds. The molecule has 1 aromatic heterocycles. The van der Waals surface area contributed by atoms with Gasteiger partial charge in [0.15, 0.2) is 0 Å². The van der Waals surface area contributed by atoms with Gasteiger partial charge in [0.2, 0.25) is 0 Å². The van der Waals surface area contributed by atoms with Gasteiger partial charge in [0, 0.05) is 35.7 Å². The topological polar surface area (TPSA) is 77.3 Å². The molecule has 3 heterocycles. The Hall–Kier alpha value is -3.32. The molecule has 32 heavy (non-hydrogen) atoms. The highest BCUT2D eigenvalue weighted by Crippen LogP contribution is 2.45. The van der Waals surface area contributed by atoms with Crippen molar-refractivity contribution in [3.05, 3.63) is 76.4 Å².